The summed E-state index contributed by atoms with van der Waals surface area (Å²) in [6.07, 6.45) is 1.68. The zero-order valence-corrected chi connectivity index (χ0v) is 17.2. The number of fused-ring (bicyclic) bond motifs is 1. The van der Waals surface area contributed by atoms with Crippen molar-refractivity contribution >= 4 is 16.9 Å². The highest BCUT2D eigenvalue weighted by Gasteiger charge is 2.18. The summed E-state index contributed by atoms with van der Waals surface area (Å²) in [4.78, 5) is 21.1. The van der Waals surface area contributed by atoms with Crippen LogP contribution in [0.5, 0.6) is 11.5 Å². The molecule has 1 aliphatic heterocycles. The molecule has 0 amide bonds. The molecule has 0 unspecified atom stereocenters. The third kappa shape index (κ3) is 4.32. The summed E-state index contributed by atoms with van der Waals surface area (Å²) >= 11 is 0. The van der Waals surface area contributed by atoms with Gasteiger partial charge in [0, 0.05) is 51.2 Å². The van der Waals surface area contributed by atoms with E-state index >= 15 is 0 Å². The van der Waals surface area contributed by atoms with Gasteiger partial charge in [0.2, 0.25) is 0 Å². The third-order valence-electron chi connectivity index (χ3n) is 5.62. The van der Waals surface area contributed by atoms with Crippen LogP contribution in [0.15, 0.2) is 82.1 Å². The van der Waals surface area contributed by atoms with Crippen molar-refractivity contribution in [1.82, 2.24) is 14.5 Å². The molecule has 0 saturated carbocycles. The minimum Gasteiger partial charge on any atom is -0.457 e. The van der Waals surface area contributed by atoms with Crippen LogP contribution in [-0.4, -0.2) is 47.2 Å². The zero-order valence-electron chi connectivity index (χ0n) is 17.2. The number of piperazine rings is 1. The van der Waals surface area contributed by atoms with E-state index in [1.807, 2.05) is 42.5 Å². The molecule has 0 bridgehead atoms. The van der Waals surface area contributed by atoms with Gasteiger partial charge in [-0.2, -0.15) is 0 Å². The molecule has 7 heteroatoms. The average Bonchev–Trinajstić information content (AvgIpc) is 3.14. The Kier molecular flexibility index (Phi) is 5.41. The second-order valence-electron chi connectivity index (χ2n) is 7.58. The molecule has 1 saturated heterocycles. The smallest absolute Gasteiger partial charge is 0.421 e. The van der Waals surface area contributed by atoms with E-state index in [0.717, 1.165) is 44.2 Å². The first-order chi connectivity index (χ1) is 15.3. The molecule has 31 heavy (non-hydrogen) atoms. The monoisotopic (exact) mass is 416 g/mol. The number of ether oxygens (including phenoxy) is 1. The number of hydrogen-bond donors (Lipinski definition) is 0. The van der Waals surface area contributed by atoms with Gasteiger partial charge in [-0.1, -0.05) is 18.2 Å². The fourth-order valence-corrected chi connectivity index (χ4v) is 3.92. The standard InChI is InChI=1S/C24H24N4O3/c29-24-28(23-22(31-24)7-4-12-25-23)18-15-26-13-16-27(17-14-26)19-8-10-21(11-9-19)30-20-5-2-1-3-6-20/h1-12H,13-18H2. The summed E-state index contributed by atoms with van der Waals surface area (Å²) in [5, 5.41) is 0. The van der Waals surface area contributed by atoms with Gasteiger partial charge in [0.15, 0.2) is 11.2 Å². The van der Waals surface area contributed by atoms with Gasteiger partial charge in [0.25, 0.3) is 0 Å². The number of anilines is 1. The molecular weight excluding hydrogens is 392 g/mol. The van der Waals surface area contributed by atoms with E-state index < -0.39 is 0 Å². The summed E-state index contributed by atoms with van der Waals surface area (Å²) < 4.78 is 12.8. The van der Waals surface area contributed by atoms with Gasteiger partial charge < -0.3 is 14.1 Å². The maximum absolute atomic E-state index is 12.1. The van der Waals surface area contributed by atoms with Crippen molar-refractivity contribution in [3.63, 3.8) is 0 Å². The summed E-state index contributed by atoms with van der Waals surface area (Å²) in [6, 6.07) is 21.6. The molecule has 7 nitrogen and oxygen atoms in total. The Balaban J connectivity index is 1.15. The van der Waals surface area contributed by atoms with Gasteiger partial charge in [-0.25, -0.2) is 9.78 Å². The fourth-order valence-electron chi connectivity index (χ4n) is 3.92. The molecular formula is C24H24N4O3. The van der Waals surface area contributed by atoms with Crippen LogP contribution in [-0.2, 0) is 6.54 Å². The first-order valence-electron chi connectivity index (χ1n) is 10.5. The molecule has 2 aromatic carbocycles. The molecule has 2 aromatic heterocycles. The average molecular weight is 416 g/mol. The molecule has 0 N–H and O–H groups in total. The number of pyridine rings is 1. The van der Waals surface area contributed by atoms with Crippen molar-refractivity contribution in [2.45, 2.75) is 6.54 Å². The molecule has 0 atom stereocenters. The van der Waals surface area contributed by atoms with E-state index in [2.05, 4.69) is 26.9 Å². The van der Waals surface area contributed by atoms with E-state index in [0.29, 0.717) is 17.8 Å². The van der Waals surface area contributed by atoms with Crippen molar-refractivity contribution in [2.24, 2.45) is 0 Å². The topological polar surface area (TPSA) is 63.7 Å². The van der Waals surface area contributed by atoms with E-state index in [1.165, 1.54) is 5.69 Å². The summed E-state index contributed by atoms with van der Waals surface area (Å²) in [5.41, 5.74) is 2.35. The number of rotatable bonds is 6. The van der Waals surface area contributed by atoms with Crippen LogP contribution >= 0.6 is 0 Å². The normalized spacial score (nSPS) is 14.8. The number of para-hydroxylation sites is 1. The van der Waals surface area contributed by atoms with Crippen molar-refractivity contribution in [3.8, 4) is 11.5 Å². The van der Waals surface area contributed by atoms with Gasteiger partial charge in [-0.05, 0) is 48.5 Å². The van der Waals surface area contributed by atoms with E-state index in [4.69, 9.17) is 9.15 Å². The minimum absolute atomic E-state index is 0.342. The Labute approximate surface area is 180 Å². The van der Waals surface area contributed by atoms with Crippen molar-refractivity contribution < 1.29 is 9.15 Å². The fraction of sp³-hybridized carbons (Fsp3) is 0.250. The van der Waals surface area contributed by atoms with Crippen molar-refractivity contribution in [2.75, 3.05) is 37.6 Å². The van der Waals surface area contributed by atoms with E-state index in [-0.39, 0.29) is 5.76 Å². The number of oxazole rings is 1. The zero-order chi connectivity index (χ0) is 21.0. The van der Waals surface area contributed by atoms with Crippen LogP contribution in [0.3, 0.4) is 0 Å². The number of nitrogens with zero attached hydrogens (tertiary/aromatic N) is 4. The van der Waals surface area contributed by atoms with Gasteiger partial charge in [-0.15, -0.1) is 0 Å². The first-order valence-corrected chi connectivity index (χ1v) is 10.5. The highest BCUT2D eigenvalue weighted by atomic mass is 16.5. The number of hydrogen-bond acceptors (Lipinski definition) is 6. The Bertz CT molecular complexity index is 1190. The van der Waals surface area contributed by atoms with E-state index in [9.17, 15) is 4.79 Å². The minimum atomic E-state index is -0.342. The maximum atomic E-state index is 12.1. The van der Waals surface area contributed by atoms with Crippen molar-refractivity contribution in [1.29, 1.82) is 0 Å². The van der Waals surface area contributed by atoms with E-state index in [1.54, 1.807) is 22.9 Å². The summed E-state index contributed by atoms with van der Waals surface area (Å²) in [7, 11) is 0. The molecule has 1 fully saturated rings. The van der Waals surface area contributed by atoms with Crippen LogP contribution in [0, 0.1) is 0 Å². The maximum Gasteiger partial charge on any atom is 0.421 e. The lowest BCUT2D eigenvalue weighted by Crippen LogP contribution is -2.47. The predicted octanol–water partition coefficient (Wildman–Crippen LogP) is 3.60. The largest absolute Gasteiger partial charge is 0.457 e. The Hall–Kier alpha value is -3.58. The van der Waals surface area contributed by atoms with Crippen molar-refractivity contribution in [3.05, 3.63) is 83.5 Å². The van der Waals surface area contributed by atoms with Crippen LogP contribution < -0.4 is 15.4 Å². The van der Waals surface area contributed by atoms with Crippen LogP contribution in [0.4, 0.5) is 5.69 Å². The second kappa shape index (κ2) is 8.65. The molecule has 5 rings (SSSR count). The highest BCUT2D eigenvalue weighted by molar-refractivity contribution is 5.67. The van der Waals surface area contributed by atoms with Crippen LogP contribution in [0.2, 0.25) is 0 Å². The third-order valence-corrected chi connectivity index (χ3v) is 5.62. The number of aromatic nitrogens is 2. The lowest BCUT2D eigenvalue weighted by Gasteiger charge is -2.36. The SMILES string of the molecule is O=c1oc2cccnc2n1CCN1CCN(c2ccc(Oc3ccccc3)cc2)CC1. The quantitative estimate of drug-likeness (QED) is 0.479. The van der Waals surface area contributed by atoms with Crippen LogP contribution in [0.25, 0.3) is 11.2 Å². The summed E-state index contributed by atoms with van der Waals surface area (Å²) in [6.45, 7) is 5.15. The Morgan fingerprint density at radius 1 is 0.839 bits per heavy atom. The van der Waals surface area contributed by atoms with Gasteiger partial charge in [0.05, 0.1) is 0 Å². The van der Waals surface area contributed by atoms with Gasteiger partial charge in [-0.3, -0.25) is 9.47 Å². The molecule has 158 valence electrons. The molecule has 0 aliphatic carbocycles. The molecule has 3 heterocycles. The predicted molar refractivity (Wildman–Crippen MR) is 120 cm³/mol. The van der Waals surface area contributed by atoms with Gasteiger partial charge in [0.1, 0.15) is 11.5 Å². The Morgan fingerprint density at radius 3 is 2.35 bits per heavy atom. The second-order valence-corrected chi connectivity index (χ2v) is 7.58. The first kappa shape index (κ1) is 19.4. The molecule has 0 spiro atoms. The molecule has 4 aromatic rings. The lowest BCUT2D eigenvalue weighted by atomic mass is 10.2. The lowest BCUT2D eigenvalue weighted by molar-refractivity contribution is 0.246. The van der Waals surface area contributed by atoms with Gasteiger partial charge >= 0.3 is 5.76 Å². The highest BCUT2D eigenvalue weighted by Crippen LogP contribution is 2.25. The molecule has 0 radical (unpaired) electrons. The van der Waals surface area contributed by atoms with Crippen LogP contribution in [0.1, 0.15) is 0 Å². The molecule has 1 aliphatic rings. The number of benzene rings is 2. The Morgan fingerprint density at radius 2 is 1.58 bits per heavy atom. The summed E-state index contributed by atoms with van der Waals surface area (Å²) in [5.74, 6) is 1.33.